The van der Waals surface area contributed by atoms with Gasteiger partial charge in [-0.25, -0.2) is 4.98 Å². The van der Waals surface area contributed by atoms with Gasteiger partial charge < -0.3 is 10.3 Å². The summed E-state index contributed by atoms with van der Waals surface area (Å²) < 4.78 is 2.10. The molecule has 0 bridgehead atoms. The molecule has 0 saturated carbocycles. The van der Waals surface area contributed by atoms with Crippen LogP contribution in [0.5, 0.6) is 0 Å². The smallest absolute Gasteiger partial charge is 0.0948 e. The highest BCUT2D eigenvalue weighted by molar-refractivity contribution is 5.10. The Kier molecular flexibility index (Phi) is 3.31. The van der Waals surface area contributed by atoms with Gasteiger partial charge in [-0.2, -0.15) is 0 Å². The minimum Gasteiger partial charge on any atom is -0.333 e. The molecule has 4 nitrogen and oxygen atoms in total. The van der Waals surface area contributed by atoms with Gasteiger partial charge in [0.05, 0.1) is 12.0 Å². The van der Waals surface area contributed by atoms with Crippen LogP contribution in [0.4, 0.5) is 0 Å². The van der Waals surface area contributed by atoms with Crippen molar-refractivity contribution in [3.63, 3.8) is 0 Å². The minimum atomic E-state index is 0.0277. The van der Waals surface area contributed by atoms with Crippen molar-refractivity contribution in [1.82, 2.24) is 14.5 Å². The van der Waals surface area contributed by atoms with Crippen LogP contribution in [0.3, 0.4) is 0 Å². The molecule has 2 aromatic rings. The van der Waals surface area contributed by atoms with E-state index in [1.807, 2.05) is 44.0 Å². The highest BCUT2D eigenvalue weighted by atomic mass is 15.1. The number of nitrogens with two attached hydrogens (primary N) is 1. The summed E-state index contributed by atoms with van der Waals surface area (Å²) in [5.74, 6) is 0. The molecular formula is C12H16N4. The van der Waals surface area contributed by atoms with Gasteiger partial charge in [0, 0.05) is 31.2 Å². The molecule has 0 aliphatic carbocycles. The third kappa shape index (κ3) is 2.46. The van der Waals surface area contributed by atoms with E-state index < -0.39 is 0 Å². The minimum absolute atomic E-state index is 0.0277. The highest BCUT2D eigenvalue weighted by Crippen LogP contribution is 2.09. The van der Waals surface area contributed by atoms with Crippen LogP contribution in [0.2, 0.25) is 0 Å². The number of aryl methyl sites for hydroxylation is 2. The maximum absolute atomic E-state index is 5.86. The van der Waals surface area contributed by atoms with Crippen LogP contribution in [0, 0.1) is 0 Å². The van der Waals surface area contributed by atoms with Gasteiger partial charge in [-0.3, -0.25) is 4.98 Å². The second-order valence-corrected chi connectivity index (χ2v) is 3.91. The van der Waals surface area contributed by atoms with Crippen molar-refractivity contribution in [3.05, 3.63) is 48.3 Å². The summed E-state index contributed by atoms with van der Waals surface area (Å²) in [6.07, 6.45) is 8.27. The number of nitrogens with zero attached hydrogens (tertiary/aromatic N) is 3. The first-order valence-corrected chi connectivity index (χ1v) is 5.42. The second-order valence-electron chi connectivity index (χ2n) is 3.91. The second kappa shape index (κ2) is 4.90. The summed E-state index contributed by atoms with van der Waals surface area (Å²) in [5, 5.41) is 0. The Bertz CT molecular complexity index is 433. The van der Waals surface area contributed by atoms with Crippen LogP contribution < -0.4 is 5.73 Å². The molecule has 0 spiro atoms. The molecule has 0 fully saturated rings. The predicted octanol–water partition coefficient (Wildman–Crippen LogP) is 1.54. The molecule has 2 heterocycles. The SMILES string of the molecule is CC(N)c1cncn1CCc1ccncc1. The van der Waals surface area contributed by atoms with Crippen LogP contribution in [0.15, 0.2) is 37.1 Å². The van der Waals surface area contributed by atoms with Crippen molar-refractivity contribution in [2.75, 3.05) is 0 Å². The Balaban J connectivity index is 2.02. The molecule has 2 aromatic heterocycles. The molecule has 2 rings (SSSR count). The number of pyridine rings is 1. The van der Waals surface area contributed by atoms with Gasteiger partial charge in [-0.1, -0.05) is 0 Å². The highest BCUT2D eigenvalue weighted by Gasteiger charge is 2.05. The Morgan fingerprint density at radius 1 is 1.31 bits per heavy atom. The van der Waals surface area contributed by atoms with Crippen LogP contribution in [-0.4, -0.2) is 14.5 Å². The summed E-state index contributed by atoms with van der Waals surface area (Å²) in [4.78, 5) is 8.12. The lowest BCUT2D eigenvalue weighted by atomic mass is 10.2. The van der Waals surface area contributed by atoms with Crippen molar-refractivity contribution in [3.8, 4) is 0 Å². The van der Waals surface area contributed by atoms with Gasteiger partial charge in [-0.15, -0.1) is 0 Å². The predicted molar refractivity (Wildman–Crippen MR) is 62.8 cm³/mol. The van der Waals surface area contributed by atoms with Crippen LogP contribution >= 0.6 is 0 Å². The normalized spacial score (nSPS) is 12.6. The monoisotopic (exact) mass is 216 g/mol. The van der Waals surface area contributed by atoms with Crippen molar-refractivity contribution >= 4 is 0 Å². The molecule has 4 heteroatoms. The maximum atomic E-state index is 5.86. The topological polar surface area (TPSA) is 56.7 Å². The zero-order valence-electron chi connectivity index (χ0n) is 9.37. The molecule has 0 aromatic carbocycles. The molecular weight excluding hydrogens is 200 g/mol. The number of imidazole rings is 1. The van der Waals surface area contributed by atoms with E-state index >= 15 is 0 Å². The van der Waals surface area contributed by atoms with E-state index in [0.717, 1.165) is 18.7 Å². The van der Waals surface area contributed by atoms with E-state index in [9.17, 15) is 0 Å². The fourth-order valence-electron chi connectivity index (χ4n) is 1.70. The fourth-order valence-corrected chi connectivity index (χ4v) is 1.70. The van der Waals surface area contributed by atoms with Crippen molar-refractivity contribution in [1.29, 1.82) is 0 Å². The van der Waals surface area contributed by atoms with E-state index in [2.05, 4.69) is 14.5 Å². The van der Waals surface area contributed by atoms with Gasteiger partial charge in [-0.05, 0) is 31.0 Å². The lowest BCUT2D eigenvalue weighted by Gasteiger charge is -2.10. The maximum Gasteiger partial charge on any atom is 0.0948 e. The number of hydrogen-bond acceptors (Lipinski definition) is 3. The zero-order chi connectivity index (χ0) is 11.4. The van der Waals surface area contributed by atoms with Crippen LogP contribution in [0.25, 0.3) is 0 Å². The quantitative estimate of drug-likeness (QED) is 0.843. The lowest BCUT2D eigenvalue weighted by Crippen LogP contribution is -2.12. The average molecular weight is 216 g/mol. The van der Waals surface area contributed by atoms with Gasteiger partial charge in [0.15, 0.2) is 0 Å². The molecule has 0 amide bonds. The molecule has 0 radical (unpaired) electrons. The third-order valence-electron chi connectivity index (χ3n) is 2.60. The van der Waals surface area contributed by atoms with Crippen molar-refractivity contribution in [2.24, 2.45) is 5.73 Å². The Morgan fingerprint density at radius 3 is 2.75 bits per heavy atom. The summed E-state index contributed by atoms with van der Waals surface area (Å²) in [7, 11) is 0. The largest absolute Gasteiger partial charge is 0.333 e. The Hall–Kier alpha value is -1.68. The fraction of sp³-hybridized carbons (Fsp3) is 0.333. The van der Waals surface area contributed by atoms with E-state index in [-0.39, 0.29) is 6.04 Å². The number of aromatic nitrogens is 3. The first kappa shape index (κ1) is 10.8. The molecule has 0 aliphatic heterocycles. The molecule has 0 aliphatic rings. The van der Waals surface area contributed by atoms with E-state index in [1.54, 1.807) is 0 Å². The van der Waals surface area contributed by atoms with Crippen LogP contribution in [0.1, 0.15) is 24.2 Å². The molecule has 16 heavy (non-hydrogen) atoms. The van der Waals surface area contributed by atoms with Crippen molar-refractivity contribution in [2.45, 2.75) is 25.9 Å². The van der Waals surface area contributed by atoms with Gasteiger partial charge in [0.25, 0.3) is 0 Å². The molecule has 2 N–H and O–H groups in total. The van der Waals surface area contributed by atoms with E-state index in [4.69, 9.17) is 5.73 Å². The summed E-state index contributed by atoms with van der Waals surface area (Å²) >= 11 is 0. The lowest BCUT2D eigenvalue weighted by molar-refractivity contribution is 0.623. The summed E-state index contributed by atoms with van der Waals surface area (Å²) in [5.41, 5.74) is 8.21. The summed E-state index contributed by atoms with van der Waals surface area (Å²) in [6, 6.07) is 4.09. The molecule has 0 saturated heterocycles. The molecule has 1 unspecified atom stereocenters. The number of hydrogen-bond donors (Lipinski definition) is 1. The van der Waals surface area contributed by atoms with Gasteiger partial charge in [0.1, 0.15) is 0 Å². The van der Waals surface area contributed by atoms with Crippen molar-refractivity contribution < 1.29 is 0 Å². The van der Waals surface area contributed by atoms with Gasteiger partial charge >= 0.3 is 0 Å². The Labute approximate surface area is 95.1 Å². The molecule has 84 valence electrons. The van der Waals surface area contributed by atoms with Crippen LogP contribution in [-0.2, 0) is 13.0 Å². The van der Waals surface area contributed by atoms with E-state index in [0.29, 0.717) is 0 Å². The molecule has 1 atom stereocenters. The number of rotatable bonds is 4. The summed E-state index contributed by atoms with van der Waals surface area (Å²) in [6.45, 7) is 2.88. The van der Waals surface area contributed by atoms with Gasteiger partial charge in [0.2, 0.25) is 0 Å². The first-order valence-electron chi connectivity index (χ1n) is 5.42. The third-order valence-corrected chi connectivity index (χ3v) is 2.60. The van der Waals surface area contributed by atoms with E-state index in [1.165, 1.54) is 5.56 Å². The Morgan fingerprint density at radius 2 is 2.06 bits per heavy atom. The zero-order valence-corrected chi connectivity index (χ0v) is 9.37. The standard InChI is InChI=1S/C12H16N4/c1-10(13)12-8-15-9-16(12)7-4-11-2-5-14-6-3-11/h2-3,5-6,8-10H,4,7,13H2,1H3. The first-order chi connectivity index (χ1) is 7.77. The average Bonchev–Trinajstić information content (AvgIpc) is 2.76.